The number of aryl methyl sites for hydroxylation is 1. The van der Waals surface area contributed by atoms with Gasteiger partial charge >= 0.3 is 0 Å². The number of hydrogen-bond acceptors (Lipinski definition) is 2. The number of rotatable bonds is 2. The van der Waals surface area contributed by atoms with Crippen LogP contribution in [0.15, 0.2) is 48.5 Å². The Kier molecular flexibility index (Phi) is 2.93. The van der Waals surface area contributed by atoms with Gasteiger partial charge in [0, 0.05) is 0 Å². The van der Waals surface area contributed by atoms with Crippen LogP contribution in [0.4, 0.5) is 0 Å². The van der Waals surface area contributed by atoms with E-state index in [-0.39, 0.29) is 11.8 Å². The van der Waals surface area contributed by atoms with Crippen LogP contribution in [0, 0.1) is 6.92 Å². The van der Waals surface area contributed by atoms with Crippen LogP contribution >= 0.6 is 0 Å². The molecule has 1 unspecified atom stereocenters. The lowest BCUT2D eigenvalue weighted by atomic mass is 9.96. The smallest absolute Gasteiger partial charge is 0.115 e. The molecule has 0 aliphatic carbocycles. The number of phenols is 1. The molecule has 0 aromatic heterocycles. The zero-order valence-corrected chi connectivity index (χ0v) is 9.22. The van der Waals surface area contributed by atoms with Crippen molar-refractivity contribution in [3.05, 3.63) is 65.2 Å². The van der Waals surface area contributed by atoms with E-state index in [0.29, 0.717) is 0 Å². The van der Waals surface area contributed by atoms with E-state index >= 15 is 0 Å². The molecule has 16 heavy (non-hydrogen) atoms. The van der Waals surface area contributed by atoms with Crippen LogP contribution in [0.3, 0.4) is 0 Å². The molecule has 0 bridgehead atoms. The second kappa shape index (κ2) is 4.37. The maximum absolute atomic E-state index is 9.35. The van der Waals surface area contributed by atoms with E-state index in [4.69, 9.17) is 5.73 Å². The summed E-state index contributed by atoms with van der Waals surface area (Å²) in [6.45, 7) is 1.96. The lowest BCUT2D eigenvalue weighted by molar-refractivity contribution is 0.474. The minimum absolute atomic E-state index is 0.137. The summed E-state index contributed by atoms with van der Waals surface area (Å²) in [6, 6.07) is 15.1. The number of hydrogen-bond donors (Lipinski definition) is 2. The van der Waals surface area contributed by atoms with E-state index in [2.05, 4.69) is 0 Å². The van der Waals surface area contributed by atoms with Crippen molar-refractivity contribution in [3.8, 4) is 5.75 Å². The highest BCUT2D eigenvalue weighted by Crippen LogP contribution is 2.24. The molecule has 3 N–H and O–H groups in total. The van der Waals surface area contributed by atoms with Crippen molar-refractivity contribution in [1.29, 1.82) is 0 Å². The van der Waals surface area contributed by atoms with Gasteiger partial charge in [-0.3, -0.25) is 0 Å². The van der Waals surface area contributed by atoms with Crippen molar-refractivity contribution < 1.29 is 5.11 Å². The topological polar surface area (TPSA) is 46.2 Å². The van der Waals surface area contributed by atoms with Gasteiger partial charge in [0.1, 0.15) is 5.75 Å². The van der Waals surface area contributed by atoms with Gasteiger partial charge in [-0.05, 0) is 35.7 Å². The summed E-state index contributed by atoms with van der Waals surface area (Å²) in [4.78, 5) is 0. The Morgan fingerprint density at radius 3 is 2.38 bits per heavy atom. The molecule has 0 aliphatic heterocycles. The molecule has 0 radical (unpaired) electrons. The van der Waals surface area contributed by atoms with Crippen LogP contribution in [-0.2, 0) is 0 Å². The normalized spacial score (nSPS) is 12.4. The molecule has 82 valence electrons. The first-order chi connectivity index (χ1) is 7.68. The highest BCUT2D eigenvalue weighted by atomic mass is 16.3. The molecular weight excluding hydrogens is 198 g/mol. The molecule has 0 spiro atoms. The van der Waals surface area contributed by atoms with Crippen molar-refractivity contribution in [3.63, 3.8) is 0 Å². The summed E-state index contributed by atoms with van der Waals surface area (Å²) in [5, 5.41) is 9.35. The molecule has 2 nitrogen and oxygen atoms in total. The Hall–Kier alpha value is -1.80. The van der Waals surface area contributed by atoms with E-state index in [1.165, 1.54) is 0 Å². The zero-order valence-electron chi connectivity index (χ0n) is 9.22. The monoisotopic (exact) mass is 213 g/mol. The van der Waals surface area contributed by atoms with E-state index in [1.807, 2.05) is 43.3 Å². The maximum atomic E-state index is 9.35. The Bertz CT molecular complexity index is 479. The number of benzene rings is 2. The minimum Gasteiger partial charge on any atom is -0.508 e. The van der Waals surface area contributed by atoms with Crippen molar-refractivity contribution in [2.24, 2.45) is 5.73 Å². The van der Waals surface area contributed by atoms with Crippen LogP contribution < -0.4 is 5.73 Å². The molecule has 2 rings (SSSR count). The Morgan fingerprint density at radius 2 is 1.75 bits per heavy atom. The second-order valence-corrected chi connectivity index (χ2v) is 3.93. The van der Waals surface area contributed by atoms with Gasteiger partial charge in [-0.25, -0.2) is 0 Å². The first kappa shape index (κ1) is 10.7. The fraction of sp³-hybridized carbons (Fsp3) is 0.143. The standard InChI is InChI=1S/C14H15NO/c1-10-9-12(16)7-8-13(10)14(15)11-5-3-2-4-6-11/h2-9,14,16H,15H2,1H3. The van der Waals surface area contributed by atoms with E-state index in [0.717, 1.165) is 16.7 Å². The van der Waals surface area contributed by atoms with Gasteiger partial charge < -0.3 is 10.8 Å². The van der Waals surface area contributed by atoms with Crippen molar-refractivity contribution in [1.82, 2.24) is 0 Å². The summed E-state index contributed by atoms with van der Waals surface area (Å²) in [5.74, 6) is 0.279. The average Bonchev–Trinajstić information content (AvgIpc) is 2.29. The molecule has 0 saturated heterocycles. The molecule has 0 saturated carbocycles. The molecule has 2 aromatic carbocycles. The SMILES string of the molecule is Cc1cc(O)ccc1C(N)c1ccccc1. The van der Waals surface area contributed by atoms with Gasteiger partial charge in [-0.2, -0.15) is 0 Å². The van der Waals surface area contributed by atoms with E-state index < -0.39 is 0 Å². The molecule has 2 heteroatoms. The third-order valence-corrected chi connectivity index (χ3v) is 2.75. The molecule has 2 aromatic rings. The van der Waals surface area contributed by atoms with Crippen LogP contribution in [0.5, 0.6) is 5.75 Å². The number of phenolic OH excluding ortho intramolecular Hbond substituents is 1. The second-order valence-electron chi connectivity index (χ2n) is 3.93. The Morgan fingerprint density at radius 1 is 1.06 bits per heavy atom. The van der Waals surface area contributed by atoms with Gasteiger partial charge in [-0.15, -0.1) is 0 Å². The number of nitrogens with two attached hydrogens (primary N) is 1. The van der Waals surface area contributed by atoms with Gasteiger partial charge in [0.15, 0.2) is 0 Å². The van der Waals surface area contributed by atoms with Crippen LogP contribution in [0.1, 0.15) is 22.7 Å². The summed E-state index contributed by atoms with van der Waals surface area (Å²) in [6.07, 6.45) is 0. The zero-order chi connectivity index (χ0) is 11.5. The van der Waals surface area contributed by atoms with Gasteiger partial charge in [0.25, 0.3) is 0 Å². The first-order valence-corrected chi connectivity index (χ1v) is 5.28. The maximum Gasteiger partial charge on any atom is 0.115 e. The highest BCUT2D eigenvalue weighted by Gasteiger charge is 2.10. The average molecular weight is 213 g/mol. The van der Waals surface area contributed by atoms with Crippen LogP contribution in [-0.4, -0.2) is 5.11 Å². The fourth-order valence-electron chi connectivity index (χ4n) is 1.85. The third kappa shape index (κ3) is 2.07. The van der Waals surface area contributed by atoms with E-state index in [1.54, 1.807) is 12.1 Å². The minimum atomic E-state index is -0.137. The molecule has 0 amide bonds. The number of aromatic hydroxyl groups is 1. The molecular formula is C14H15NO. The van der Waals surface area contributed by atoms with Crippen molar-refractivity contribution in [2.75, 3.05) is 0 Å². The summed E-state index contributed by atoms with van der Waals surface area (Å²) in [5.41, 5.74) is 9.32. The Labute approximate surface area is 95.4 Å². The van der Waals surface area contributed by atoms with E-state index in [9.17, 15) is 5.11 Å². The Balaban J connectivity index is 2.38. The molecule has 1 atom stereocenters. The summed E-state index contributed by atoms with van der Waals surface area (Å²) < 4.78 is 0. The van der Waals surface area contributed by atoms with Gasteiger partial charge in [-0.1, -0.05) is 36.4 Å². The van der Waals surface area contributed by atoms with Crippen LogP contribution in [0.2, 0.25) is 0 Å². The fourth-order valence-corrected chi connectivity index (χ4v) is 1.85. The van der Waals surface area contributed by atoms with Gasteiger partial charge in [0.2, 0.25) is 0 Å². The van der Waals surface area contributed by atoms with Crippen molar-refractivity contribution >= 4 is 0 Å². The summed E-state index contributed by atoms with van der Waals surface area (Å²) in [7, 11) is 0. The lowest BCUT2D eigenvalue weighted by Crippen LogP contribution is -2.12. The molecule has 0 fully saturated rings. The predicted molar refractivity (Wildman–Crippen MR) is 65.3 cm³/mol. The molecule has 0 aliphatic rings. The lowest BCUT2D eigenvalue weighted by Gasteiger charge is -2.15. The quantitative estimate of drug-likeness (QED) is 0.805. The predicted octanol–water partition coefficient (Wildman–Crippen LogP) is 2.75. The molecule has 0 heterocycles. The summed E-state index contributed by atoms with van der Waals surface area (Å²) >= 11 is 0. The first-order valence-electron chi connectivity index (χ1n) is 5.28. The highest BCUT2D eigenvalue weighted by molar-refractivity contribution is 5.40. The van der Waals surface area contributed by atoms with Crippen LogP contribution in [0.25, 0.3) is 0 Å². The van der Waals surface area contributed by atoms with Gasteiger partial charge in [0.05, 0.1) is 6.04 Å². The largest absolute Gasteiger partial charge is 0.508 e. The van der Waals surface area contributed by atoms with Crippen molar-refractivity contribution in [2.45, 2.75) is 13.0 Å². The third-order valence-electron chi connectivity index (χ3n) is 2.75.